The van der Waals surface area contributed by atoms with Gasteiger partial charge >= 0.3 is 5.97 Å². The second-order valence-electron chi connectivity index (χ2n) is 5.14. The molecule has 0 unspecified atom stereocenters. The maximum absolute atomic E-state index is 11.9. The van der Waals surface area contributed by atoms with Crippen molar-refractivity contribution in [1.29, 1.82) is 0 Å². The van der Waals surface area contributed by atoms with Crippen molar-refractivity contribution in [3.05, 3.63) is 71.1 Å². The van der Waals surface area contributed by atoms with Crippen LogP contribution in [0, 0.1) is 6.92 Å². The molecular weight excluding hydrogens is 308 g/mol. The Bertz CT molecular complexity index is 869. The van der Waals surface area contributed by atoms with Gasteiger partial charge in [0.15, 0.2) is 6.61 Å². The topological polar surface area (TPSA) is 82.3 Å². The van der Waals surface area contributed by atoms with Crippen molar-refractivity contribution >= 4 is 12.3 Å². The highest BCUT2D eigenvalue weighted by Crippen LogP contribution is 2.20. The molecule has 0 saturated heterocycles. The van der Waals surface area contributed by atoms with Crippen molar-refractivity contribution in [2.45, 2.75) is 13.5 Å². The summed E-state index contributed by atoms with van der Waals surface area (Å²) in [6, 6.07) is 13.8. The van der Waals surface area contributed by atoms with E-state index in [0.717, 1.165) is 11.1 Å². The van der Waals surface area contributed by atoms with Gasteiger partial charge < -0.3 is 9.26 Å². The van der Waals surface area contributed by atoms with Crippen LogP contribution in [0.4, 0.5) is 0 Å². The molecule has 0 aliphatic carbocycles. The standard InChI is InChI=1S/C18H14N2O4/c1-12-4-2-3-5-15(12)17-19-16(24-20-17)11-23-18(22)14-8-6-13(10-21)7-9-14/h2-10H,11H2,1H3. The third-order valence-corrected chi connectivity index (χ3v) is 3.46. The second-order valence-corrected chi connectivity index (χ2v) is 5.14. The van der Waals surface area contributed by atoms with E-state index in [1.165, 1.54) is 12.1 Å². The van der Waals surface area contributed by atoms with Crippen molar-refractivity contribution in [2.75, 3.05) is 0 Å². The maximum atomic E-state index is 11.9. The first kappa shape index (κ1) is 15.6. The molecule has 0 fully saturated rings. The molecule has 3 aromatic rings. The van der Waals surface area contributed by atoms with Crippen molar-refractivity contribution < 1.29 is 18.8 Å². The van der Waals surface area contributed by atoms with E-state index in [1.54, 1.807) is 12.1 Å². The molecule has 3 rings (SSSR count). The van der Waals surface area contributed by atoms with Crippen LogP contribution in [-0.2, 0) is 11.3 Å². The fourth-order valence-corrected chi connectivity index (χ4v) is 2.16. The lowest BCUT2D eigenvalue weighted by Gasteiger charge is -2.01. The first-order valence-corrected chi connectivity index (χ1v) is 7.28. The molecule has 24 heavy (non-hydrogen) atoms. The van der Waals surface area contributed by atoms with Crippen molar-refractivity contribution in [1.82, 2.24) is 10.1 Å². The van der Waals surface area contributed by atoms with Crippen LogP contribution in [0.25, 0.3) is 11.4 Å². The average molecular weight is 322 g/mol. The molecule has 120 valence electrons. The highest BCUT2D eigenvalue weighted by Gasteiger charge is 2.13. The van der Waals surface area contributed by atoms with Crippen LogP contribution in [0.2, 0.25) is 0 Å². The van der Waals surface area contributed by atoms with Crippen molar-refractivity contribution in [3.63, 3.8) is 0 Å². The van der Waals surface area contributed by atoms with E-state index in [1.807, 2.05) is 31.2 Å². The minimum Gasteiger partial charge on any atom is -0.452 e. The Hall–Kier alpha value is -3.28. The molecule has 0 saturated carbocycles. The van der Waals surface area contributed by atoms with Gasteiger partial charge in [0.05, 0.1) is 5.56 Å². The molecule has 0 bridgehead atoms. The molecule has 1 heterocycles. The summed E-state index contributed by atoms with van der Waals surface area (Å²) < 4.78 is 10.3. The molecule has 0 atom stereocenters. The molecule has 2 aromatic carbocycles. The summed E-state index contributed by atoms with van der Waals surface area (Å²) in [4.78, 5) is 26.8. The third kappa shape index (κ3) is 3.38. The van der Waals surface area contributed by atoms with Crippen LogP contribution in [0.1, 0.15) is 32.2 Å². The Labute approximate surface area is 138 Å². The molecule has 0 N–H and O–H groups in total. The highest BCUT2D eigenvalue weighted by molar-refractivity contribution is 5.90. The monoisotopic (exact) mass is 322 g/mol. The van der Waals surface area contributed by atoms with Gasteiger partial charge in [0.25, 0.3) is 5.89 Å². The smallest absolute Gasteiger partial charge is 0.338 e. The predicted octanol–water partition coefficient (Wildman–Crippen LogP) is 3.21. The Kier molecular flexibility index (Phi) is 4.47. The van der Waals surface area contributed by atoms with Crippen LogP contribution >= 0.6 is 0 Å². The van der Waals surface area contributed by atoms with Crippen LogP contribution in [0.5, 0.6) is 0 Å². The average Bonchev–Trinajstić information content (AvgIpc) is 3.09. The van der Waals surface area contributed by atoms with Crippen LogP contribution < -0.4 is 0 Å². The Balaban J connectivity index is 1.66. The number of esters is 1. The quantitative estimate of drug-likeness (QED) is 0.530. The fourth-order valence-electron chi connectivity index (χ4n) is 2.16. The predicted molar refractivity (Wildman–Crippen MR) is 85.4 cm³/mol. The van der Waals surface area contributed by atoms with E-state index in [-0.39, 0.29) is 12.5 Å². The number of hydrogen-bond acceptors (Lipinski definition) is 6. The van der Waals surface area contributed by atoms with Gasteiger partial charge in [0.2, 0.25) is 5.82 Å². The van der Waals surface area contributed by atoms with Gasteiger partial charge in [-0.2, -0.15) is 4.98 Å². The Morgan fingerprint density at radius 3 is 2.62 bits per heavy atom. The number of ether oxygens (including phenoxy) is 1. The zero-order valence-corrected chi connectivity index (χ0v) is 12.9. The van der Waals surface area contributed by atoms with Gasteiger partial charge in [-0.3, -0.25) is 4.79 Å². The zero-order chi connectivity index (χ0) is 16.9. The normalized spacial score (nSPS) is 10.4. The van der Waals surface area contributed by atoms with Gasteiger partial charge in [-0.05, 0) is 24.6 Å². The summed E-state index contributed by atoms with van der Waals surface area (Å²) >= 11 is 0. The zero-order valence-electron chi connectivity index (χ0n) is 12.9. The summed E-state index contributed by atoms with van der Waals surface area (Å²) in [5.41, 5.74) is 2.73. The number of aromatic nitrogens is 2. The van der Waals surface area contributed by atoms with Gasteiger partial charge in [-0.25, -0.2) is 4.79 Å². The van der Waals surface area contributed by atoms with Gasteiger partial charge in [0, 0.05) is 11.1 Å². The summed E-state index contributed by atoms with van der Waals surface area (Å²) in [7, 11) is 0. The largest absolute Gasteiger partial charge is 0.452 e. The lowest BCUT2D eigenvalue weighted by Crippen LogP contribution is -2.05. The van der Waals surface area contributed by atoms with Crippen LogP contribution in [0.3, 0.4) is 0 Å². The van der Waals surface area contributed by atoms with E-state index < -0.39 is 5.97 Å². The summed E-state index contributed by atoms with van der Waals surface area (Å²) in [5.74, 6) is 0.142. The number of carbonyl (C=O) groups excluding carboxylic acids is 2. The number of nitrogens with zero attached hydrogens (tertiary/aromatic N) is 2. The highest BCUT2D eigenvalue weighted by atomic mass is 16.6. The lowest BCUT2D eigenvalue weighted by molar-refractivity contribution is 0.0429. The number of carbonyl (C=O) groups is 2. The molecule has 0 radical (unpaired) electrons. The molecule has 0 aliphatic heterocycles. The van der Waals surface area contributed by atoms with Crippen molar-refractivity contribution in [2.24, 2.45) is 0 Å². The molecule has 0 spiro atoms. The van der Waals surface area contributed by atoms with Crippen LogP contribution in [0.15, 0.2) is 53.1 Å². The molecule has 0 aliphatic rings. The number of rotatable bonds is 5. The van der Waals surface area contributed by atoms with Crippen LogP contribution in [-0.4, -0.2) is 22.4 Å². The molecular formula is C18H14N2O4. The van der Waals surface area contributed by atoms with E-state index >= 15 is 0 Å². The van der Waals surface area contributed by atoms with Gasteiger partial charge in [-0.15, -0.1) is 0 Å². The fraction of sp³-hybridized carbons (Fsp3) is 0.111. The number of hydrogen-bond donors (Lipinski definition) is 0. The number of aryl methyl sites for hydroxylation is 1. The minimum absolute atomic E-state index is 0.118. The molecule has 6 nitrogen and oxygen atoms in total. The minimum atomic E-state index is -0.525. The molecule has 6 heteroatoms. The van der Waals surface area contributed by atoms with E-state index in [2.05, 4.69) is 10.1 Å². The maximum Gasteiger partial charge on any atom is 0.338 e. The Morgan fingerprint density at radius 1 is 1.17 bits per heavy atom. The first-order valence-electron chi connectivity index (χ1n) is 7.28. The van der Waals surface area contributed by atoms with E-state index in [4.69, 9.17) is 9.26 Å². The SMILES string of the molecule is Cc1ccccc1-c1noc(COC(=O)c2ccc(C=O)cc2)n1. The number of benzene rings is 2. The van der Waals surface area contributed by atoms with E-state index in [0.29, 0.717) is 23.2 Å². The lowest BCUT2D eigenvalue weighted by atomic mass is 10.1. The Morgan fingerprint density at radius 2 is 1.92 bits per heavy atom. The number of aldehydes is 1. The first-order chi connectivity index (χ1) is 11.7. The van der Waals surface area contributed by atoms with E-state index in [9.17, 15) is 9.59 Å². The molecule has 1 aromatic heterocycles. The van der Waals surface area contributed by atoms with Crippen molar-refractivity contribution in [3.8, 4) is 11.4 Å². The van der Waals surface area contributed by atoms with Gasteiger partial charge in [0.1, 0.15) is 6.29 Å². The third-order valence-electron chi connectivity index (χ3n) is 3.46. The summed E-state index contributed by atoms with van der Waals surface area (Å²) in [5, 5.41) is 3.90. The summed E-state index contributed by atoms with van der Waals surface area (Å²) in [6.07, 6.45) is 0.709. The van der Waals surface area contributed by atoms with Gasteiger partial charge in [-0.1, -0.05) is 41.6 Å². The molecule has 0 amide bonds. The second kappa shape index (κ2) is 6.87. The summed E-state index contributed by atoms with van der Waals surface area (Å²) in [6.45, 7) is 1.83.